The third-order valence-electron chi connectivity index (χ3n) is 4.11. The molecule has 1 aliphatic carbocycles. The maximum Gasteiger partial charge on any atom is 0.221 e. The molecule has 0 bridgehead atoms. The molecule has 16 heavy (non-hydrogen) atoms. The minimum Gasteiger partial charge on any atom is -0.356 e. The Kier molecular flexibility index (Phi) is 3.85. The minimum atomic E-state index is 0.214. The third kappa shape index (κ3) is 3.21. The SMILES string of the molecule is CC1(CNC2CCCNC(=O)C2)CCCC1. The minimum absolute atomic E-state index is 0.214. The van der Waals surface area contributed by atoms with Crippen LogP contribution in [-0.4, -0.2) is 25.0 Å². The zero-order valence-corrected chi connectivity index (χ0v) is 10.3. The van der Waals surface area contributed by atoms with Crippen LogP contribution in [0, 0.1) is 5.41 Å². The van der Waals surface area contributed by atoms with Crippen LogP contribution in [0.4, 0.5) is 0 Å². The van der Waals surface area contributed by atoms with E-state index in [1.807, 2.05) is 0 Å². The van der Waals surface area contributed by atoms with Crippen LogP contribution in [0.5, 0.6) is 0 Å². The monoisotopic (exact) mass is 224 g/mol. The van der Waals surface area contributed by atoms with Crippen molar-refractivity contribution in [2.24, 2.45) is 5.41 Å². The van der Waals surface area contributed by atoms with Gasteiger partial charge in [-0.05, 0) is 31.1 Å². The Morgan fingerprint density at radius 2 is 2.12 bits per heavy atom. The maximum atomic E-state index is 11.4. The average Bonchev–Trinajstić information content (AvgIpc) is 2.57. The van der Waals surface area contributed by atoms with Crippen molar-refractivity contribution < 1.29 is 4.79 Å². The molecule has 92 valence electrons. The van der Waals surface area contributed by atoms with E-state index in [9.17, 15) is 4.79 Å². The Balaban J connectivity index is 1.77. The van der Waals surface area contributed by atoms with E-state index in [2.05, 4.69) is 17.6 Å². The van der Waals surface area contributed by atoms with Crippen LogP contribution >= 0.6 is 0 Å². The van der Waals surface area contributed by atoms with E-state index >= 15 is 0 Å². The van der Waals surface area contributed by atoms with Crippen LogP contribution in [-0.2, 0) is 4.79 Å². The molecule has 1 atom stereocenters. The molecular formula is C13H24N2O. The highest BCUT2D eigenvalue weighted by Gasteiger charge is 2.29. The number of rotatable bonds is 3. The summed E-state index contributed by atoms with van der Waals surface area (Å²) in [5, 5.41) is 6.55. The van der Waals surface area contributed by atoms with E-state index in [-0.39, 0.29) is 5.91 Å². The highest BCUT2D eigenvalue weighted by Crippen LogP contribution is 2.36. The Hall–Kier alpha value is -0.570. The summed E-state index contributed by atoms with van der Waals surface area (Å²) in [6.45, 7) is 4.32. The van der Waals surface area contributed by atoms with Gasteiger partial charge in [0.2, 0.25) is 5.91 Å². The summed E-state index contributed by atoms with van der Waals surface area (Å²) in [5.41, 5.74) is 0.489. The van der Waals surface area contributed by atoms with Gasteiger partial charge in [-0.1, -0.05) is 19.8 Å². The first-order valence-electron chi connectivity index (χ1n) is 6.68. The van der Waals surface area contributed by atoms with Gasteiger partial charge in [0, 0.05) is 25.6 Å². The van der Waals surface area contributed by atoms with Gasteiger partial charge in [-0.15, -0.1) is 0 Å². The summed E-state index contributed by atoms with van der Waals surface area (Å²) in [5.74, 6) is 0.214. The number of hydrogen-bond acceptors (Lipinski definition) is 2. The molecule has 0 aromatic carbocycles. The van der Waals surface area contributed by atoms with E-state index in [0.717, 1.165) is 25.9 Å². The van der Waals surface area contributed by atoms with Gasteiger partial charge >= 0.3 is 0 Å². The van der Waals surface area contributed by atoms with Crippen molar-refractivity contribution >= 4 is 5.91 Å². The molecule has 1 saturated carbocycles. The molecule has 2 rings (SSSR count). The average molecular weight is 224 g/mol. The summed E-state index contributed by atoms with van der Waals surface area (Å²) in [6, 6.07) is 0.403. The molecule has 3 nitrogen and oxygen atoms in total. The third-order valence-corrected chi connectivity index (χ3v) is 4.11. The van der Waals surface area contributed by atoms with Gasteiger partial charge < -0.3 is 10.6 Å². The number of carbonyl (C=O) groups excluding carboxylic acids is 1. The summed E-state index contributed by atoms with van der Waals surface area (Å²) in [6.07, 6.45) is 8.36. The van der Waals surface area contributed by atoms with Crippen molar-refractivity contribution in [3.63, 3.8) is 0 Å². The quantitative estimate of drug-likeness (QED) is 0.768. The van der Waals surface area contributed by atoms with Gasteiger partial charge in [0.25, 0.3) is 0 Å². The smallest absolute Gasteiger partial charge is 0.221 e. The fourth-order valence-corrected chi connectivity index (χ4v) is 2.94. The molecule has 2 fully saturated rings. The van der Waals surface area contributed by atoms with E-state index in [0.29, 0.717) is 17.9 Å². The van der Waals surface area contributed by atoms with Gasteiger partial charge in [0.05, 0.1) is 0 Å². The first-order valence-corrected chi connectivity index (χ1v) is 6.68. The Morgan fingerprint density at radius 3 is 2.88 bits per heavy atom. The molecule has 0 aromatic heterocycles. The lowest BCUT2D eigenvalue weighted by Gasteiger charge is -2.27. The lowest BCUT2D eigenvalue weighted by Crippen LogP contribution is -2.38. The van der Waals surface area contributed by atoms with Crippen LogP contribution in [0.3, 0.4) is 0 Å². The van der Waals surface area contributed by atoms with Crippen molar-refractivity contribution in [2.45, 2.75) is 57.9 Å². The Labute approximate surface area is 98.4 Å². The molecule has 2 N–H and O–H groups in total. The predicted octanol–water partition coefficient (Wildman–Crippen LogP) is 1.82. The summed E-state index contributed by atoms with van der Waals surface area (Å²) >= 11 is 0. The predicted molar refractivity (Wildman–Crippen MR) is 65.2 cm³/mol. The molecular weight excluding hydrogens is 200 g/mol. The lowest BCUT2D eigenvalue weighted by atomic mass is 9.88. The topological polar surface area (TPSA) is 41.1 Å². The summed E-state index contributed by atoms with van der Waals surface area (Å²) in [4.78, 5) is 11.4. The molecule has 1 amide bonds. The molecule has 2 aliphatic rings. The van der Waals surface area contributed by atoms with Crippen molar-refractivity contribution in [2.75, 3.05) is 13.1 Å². The molecule has 1 heterocycles. The number of hydrogen-bond donors (Lipinski definition) is 2. The molecule has 1 aliphatic heterocycles. The van der Waals surface area contributed by atoms with Crippen LogP contribution in [0.2, 0.25) is 0 Å². The van der Waals surface area contributed by atoms with Gasteiger partial charge in [0.15, 0.2) is 0 Å². The van der Waals surface area contributed by atoms with E-state index in [1.165, 1.54) is 25.7 Å². The Morgan fingerprint density at radius 1 is 1.38 bits per heavy atom. The van der Waals surface area contributed by atoms with E-state index in [4.69, 9.17) is 0 Å². The van der Waals surface area contributed by atoms with E-state index in [1.54, 1.807) is 0 Å². The maximum absolute atomic E-state index is 11.4. The second-order valence-corrected chi connectivity index (χ2v) is 5.79. The first-order chi connectivity index (χ1) is 7.68. The van der Waals surface area contributed by atoms with Crippen LogP contribution in [0.1, 0.15) is 51.9 Å². The summed E-state index contributed by atoms with van der Waals surface area (Å²) < 4.78 is 0. The highest BCUT2D eigenvalue weighted by atomic mass is 16.1. The zero-order valence-electron chi connectivity index (χ0n) is 10.3. The lowest BCUT2D eigenvalue weighted by molar-refractivity contribution is -0.121. The van der Waals surface area contributed by atoms with Gasteiger partial charge in [-0.2, -0.15) is 0 Å². The highest BCUT2D eigenvalue weighted by molar-refractivity contribution is 5.76. The molecule has 0 aromatic rings. The molecule has 0 spiro atoms. The second-order valence-electron chi connectivity index (χ2n) is 5.79. The van der Waals surface area contributed by atoms with Crippen molar-refractivity contribution in [1.29, 1.82) is 0 Å². The van der Waals surface area contributed by atoms with Gasteiger partial charge in [-0.3, -0.25) is 4.79 Å². The molecule has 3 heteroatoms. The molecule has 0 radical (unpaired) electrons. The summed E-state index contributed by atoms with van der Waals surface area (Å²) in [7, 11) is 0. The largest absolute Gasteiger partial charge is 0.356 e. The van der Waals surface area contributed by atoms with Gasteiger partial charge in [0.1, 0.15) is 0 Å². The van der Waals surface area contributed by atoms with E-state index < -0.39 is 0 Å². The normalized spacial score (nSPS) is 29.8. The Bertz CT molecular complexity index is 246. The molecule has 1 saturated heterocycles. The fourth-order valence-electron chi connectivity index (χ4n) is 2.94. The van der Waals surface area contributed by atoms with Crippen molar-refractivity contribution in [3.05, 3.63) is 0 Å². The van der Waals surface area contributed by atoms with Crippen LogP contribution < -0.4 is 10.6 Å². The van der Waals surface area contributed by atoms with Crippen LogP contribution in [0.25, 0.3) is 0 Å². The standard InChI is InChI=1S/C13H24N2O/c1-13(6-2-3-7-13)10-15-11-5-4-8-14-12(16)9-11/h11,15H,2-10H2,1H3,(H,14,16). The van der Waals surface area contributed by atoms with Gasteiger partial charge in [-0.25, -0.2) is 0 Å². The zero-order chi connectivity index (χ0) is 11.4. The number of carbonyl (C=O) groups is 1. The fraction of sp³-hybridized carbons (Fsp3) is 0.923. The number of nitrogens with one attached hydrogen (secondary N) is 2. The number of amides is 1. The van der Waals surface area contributed by atoms with Crippen molar-refractivity contribution in [1.82, 2.24) is 10.6 Å². The van der Waals surface area contributed by atoms with Crippen LogP contribution in [0.15, 0.2) is 0 Å². The second kappa shape index (κ2) is 5.17. The molecule has 1 unspecified atom stereocenters. The van der Waals surface area contributed by atoms with Crippen molar-refractivity contribution in [3.8, 4) is 0 Å². The first kappa shape index (κ1) is 11.9.